The summed E-state index contributed by atoms with van der Waals surface area (Å²) in [6, 6.07) is 0. The molecule has 1 N–H and O–H groups in total. The molecule has 0 spiro atoms. The van der Waals surface area contributed by atoms with Gasteiger partial charge in [0.2, 0.25) is 0 Å². The minimum atomic E-state index is -0.186. The molecule has 1 aromatic rings. The standard InChI is InChI=1S/C11H16N2OS/c1-8-6-12-11(13-7-8)15-10-5-3-2-4-9(10)14/h6-7,9-10,14H,2-5H2,1H3/t9-,10-/m0/s1. The predicted molar refractivity (Wildman–Crippen MR) is 60.9 cm³/mol. The Balaban J connectivity index is 1.98. The van der Waals surface area contributed by atoms with Gasteiger partial charge >= 0.3 is 0 Å². The lowest BCUT2D eigenvalue weighted by molar-refractivity contribution is 0.137. The van der Waals surface area contributed by atoms with Crippen molar-refractivity contribution in [1.82, 2.24) is 9.97 Å². The van der Waals surface area contributed by atoms with E-state index >= 15 is 0 Å². The normalized spacial score (nSPS) is 26.5. The van der Waals surface area contributed by atoms with E-state index in [1.165, 1.54) is 6.42 Å². The molecule has 1 saturated carbocycles. The Hall–Kier alpha value is -0.610. The van der Waals surface area contributed by atoms with Gasteiger partial charge in [0, 0.05) is 17.6 Å². The molecule has 2 rings (SSSR count). The summed E-state index contributed by atoms with van der Waals surface area (Å²) in [5, 5.41) is 10.9. The zero-order valence-corrected chi connectivity index (χ0v) is 9.70. The summed E-state index contributed by atoms with van der Waals surface area (Å²) in [7, 11) is 0. The second-order valence-corrected chi connectivity index (χ2v) is 5.26. The van der Waals surface area contributed by atoms with Gasteiger partial charge in [0.05, 0.1) is 6.10 Å². The fourth-order valence-electron chi connectivity index (χ4n) is 1.79. The van der Waals surface area contributed by atoms with Crippen LogP contribution in [0.3, 0.4) is 0 Å². The molecule has 2 atom stereocenters. The van der Waals surface area contributed by atoms with Crippen molar-refractivity contribution in [3.63, 3.8) is 0 Å². The predicted octanol–water partition coefficient (Wildman–Crippen LogP) is 2.18. The van der Waals surface area contributed by atoms with Crippen LogP contribution in [0, 0.1) is 6.92 Å². The third-order valence-electron chi connectivity index (χ3n) is 2.68. The van der Waals surface area contributed by atoms with Gasteiger partial charge in [-0.05, 0) is 25.3 Å². The molecule has 0 unspecified atom stereocenters. The highest BCUT2D eigenvalue weighted by molar-refractivity contribution is 7.99. The minimum absolute atomic E-state index is 0.186. The first-order valence-electron chi connectivity index (χ1n) is 5.39. The van der Waals surface area contributed by atoms with Gasteiger partial charge < -0.3 is 5.11 Å². The van der Waals surface area contributed by atoms with E-state index < -0.39 is 0 Å². The molecule has 1 fully saturated rings. The molecule has 0 bridgehead atoms. The van der Waals surface area contributed by atoms with Crippen molar-refractivity contribution >= 4 is 11.8 Å². The van der Waals surface area contributed by atoms with Crippen molar-refractivity contribution in [1.29, 1.82) is 0 Å². The van der Waals surface area contributed by atoms with Gasteiger partial charge in [-0.1, -0.05) is 24.6 Å². The zero-order chi connectivity index (χ0) is 10.7. The lowest BCUT2D eigenvalue weighted by Crippen LogP contribution is -2.26. The molecule has 1 aliphatic rings. The highest BCUT2D eigenvalue weighted by atomic mass is 32.2. The molecular weight excluding hydrogens is 208 g/mol. The maximum Gasteiger partial charge on any atom is 0.187 e. The largest absolute Gasteiger partial charge is 0.392 e. The van der Waals surface area contributed by atoms with E-state index in [-0.39, 0.29) is 11.4 Å². The van der Waals surface area contributed by atoms with Crippen molar-refractivity contribution in [2.24, 2.45) is 0 Å². The van der Waals surface area contributed by atoms with Crippen LogP contribution in [0.2, 0.25) is 0 Å². The summed E-state index contributed by atoms with van der Waals surface area (Å²) in [5.74, 6) is 0. The Morgan fingerprint density at radius 2 is 1.93 bits per heavy atom. The molecule has 1 aromatic heterocycles. The van der Waals surface area contributed by atoms with Crippen molar-refractivity contribution in [2.45, 2.75) is 49.1 Å². The number of aromatic nitrogens is 2. The monoisotopic (exact) mass is 224 g/mol. The van der Waals surface area contributed by atoms with Crippen LogP contribution in [0.1, 0.15) is 31.2 Å². The van der Waals surface area contributed by atoms with Gasteiger partial charge in [-0.3, -0.25) is 0 Å². The van der Waals surface area contributed by atoms with Crippen molar-refractivity contribution < 1.29 is 5.11 Å². The van der Waals surface area contributed by atoms with Gasteiger partial charge in [0.1, 0.15) is 0 Å². The number of thioether (sulfide) groups is 1. The Morgan fingerprint density at radius 3 is 2.60 bits per heavy atom. The second kappa shape index (κ2) is 4.94. The smallest absolute Gasteiger partial charge is 0.187 e. The Kier molecular flexibility index (Phi) is 3.59. The molecule has 0 aromatic carbocycles. The maximum absolute atomic E-state index is 9.81. The number of hydrogen-bond donors (Lipinski definition) is 1. The molecule has 15 heavy (non-hydrogen) atoms. The molecule has 1 heterocycles. The summed E-state index contributed by atoms with van der Waals surface area (Å²) in [5.41, 5.74) is 1.07. The maximum atomic E-state index is 9.81. The van der Waals surface area contributed by atoms with E-state index in [1.807, 2.05) is 19.3 Å². The first kappa shape index (κ1) is 10.9. The summed E-state index contributed by atoms with van der Waals surface area (Å²) in [4.78, 5) is 8.50. The number of aryl methyl sites for hydroxylation is 1. The number of nitrogens with zero attached hydrogens (tertiary/aromatic N) is 2. The van der Waals surface area contributed by atoms with Gasteiger partial charge in [-0.15, -0.1) is 0 Å². The second-order valence-electron chi connectivity index (χ2n) is 4.05. The van der Waals surface area contributed by atoms with E-state index in [9.17, 15) is 5.11 Å². The Labute approximate surface area is 94.3 Å². The lowest BCUT2D eigenvalue weighted by Gasteiger charge is -2.26. The van der Waals surface area contributed by atoms with Crippen LogP contribution in [0.25, 0.3) is 0 Å². The highest BCUT2D eigenvalue weighted by Crippen LogP contribution is 2.31. The molecule has 0 saturated heterocycles. The minimum Gasteiger partial charge on any atom is -0.392 e. The number of hydrogen-bond acceptors (Lipinski definition) is 4. The number of rotatable bonds is 2. The fraction of sp³-hybridized carbons (Fsp3) is 0.636. The van der Waals surface area contributed by atoms with Crippen LogP contribution in [0.4, 0.5) is 0 Å². The van der Waals surface area contributed by atoms with E-state index in [2.05, 4.69) is 9.97 Å². The average molecular weight is 224 g/mol. The van der Waals surface area contributed by atoms with Crippen LogP contribution >= 0.6 is 11.8 Å². The van der Waals surface area contributed by atoms with Crippen LogP contribution in [0.5, 0.6) is 0 Å². The highest BCUT2D eigenvalue weighted by Gasteiger charge is 2.24. The van der Waals surface area contributed by atoms with E-state index in [4.69, 9.17) is 0 Å². The third-order valence-corrected chi connectivity index (χ3v) is 3.96. The molecule has 1 aliphatic carbocycles. The molecular formula is C11H16N2OS. The quantitative estimate of drug-likeness (QED) is 0.782. The molecule has 4 heteroatoms. The molecule has 0 aliphatic heterocycles. The van der Waals surface area contributed by atoms with Crippen molar-refractivity contribution in [2.75, 3.05) is 0 Å². The van der Waals surface area contributed by atoms with Crippen LogP contribution < -0.4 is 0 Å². The van der Waals surface area contributed by atoms with Gasteiger partial charge in [-0.2, -0.15) is 0 Å². The first-order chi connectivity index (χ1) is 7.25. The van der Waals surface area contributed by atoms with E-state index in [0.29, 0.717) is 0 Å². The van der Waals surface area contributed by atoms with Crippen LogP contribution in [-0.2, 0) is 0 Å². The summed E-state index contributed by atoms with van der Waals surface area (Å²) in [6.45, 7) is 1.98. The molecule has 0 amide bonds. The molecule has 3 nitrogen and oxygen atoms in total. The van der Waals surface area contributed by atoms with Crippen molar-refractivity contribution in [3.05, 3.63) is 18.0 Å². The third kappa shape index (κ3) is 2.92. The Bertz CT molecular complexity index is 315. The van der Waals surface area contributed by atoms with Crippen LogP contribution in [0.15, 0.2) is 17.6 Å². The van der Waals surface area contributed by atoms with Crippen LogP contribution in [-0.4, -0.2) is 26.4 Å². The topological polar surface area (TPSA) is 46.0 Å². The zero-order valence-electron chi connectivity index (χ0n) is 8.89. The van der Waals surface area contributed by atoms with E-state index in [0.717, 1.165) is 30.0 Å². The Morgan fingerprint density at radius 1 is 1.27 bits per heavy atom. The molecule has 82 valence electrons. The first-order valence-corrected chi connectivity index (χ1v) is 6.27. The van der Waals surface area contributed by atoms with E-state index in [1.54, 1.807) is 11.8 Å². The summed E-state index contributed by atoms with van der Waals surface area (Å²) in [6.07, 6.45) is 7.81. The van der Waals surface area contributed by atoms with Gasteiger partial charge in [0.15, 0.2) is 5.16 Å². The average Bonchev–Trinajstić information content (AvgIpc) is 2.25. The van der Waals surface area contributed by atoms with Gasteiger partial charge in [-0.25, -0.2) is 9.97 Å². The fourth-order valence-corrected chi connectivity index (χ4v) is 2.87. The van der Waals surface area contributed by atoms with Crippen molar-refractivity contribution in [3.8, 4) is 0 Å². The number of aliphatic hydroxyl groups is 1. The van der Waals surface area contributed by atoms with Gasteiger partial charge in [0.25, 0.3) is 0 Å². The molecule has 0 radical (unpaired) electrons. The SMILES string of the molecule is Cc1cnc(S[C@H]2CCCC[C@@H]2O)nc1. The summed E-state index contributed by atoms with van der Waals surface area (Å²) < 4.78 is 0. The number of aliphatic hydroxyl groups excluding tert-OH is 1. The summed E-state index contributed by atoms with van der Waals surface area (Å²) >= 11 is 1.61. The lowest BCUT2D eigenvalue weighted by atomic mass is 9.97.